The molecule has 0 aliphatic rings. The van der Waals surface area contributed by atoms with Crippen LogP contribution in [0.1, 0.15) is 20.8 Å². The van der Waals surface area contributed by atoms with Gasteiger partial charge in [0.15, 0.2) is 5.13 Å². The van der Waals surface area contributed by atoms with Crippen molar-refractivity contribution in [2.45, 2.75) is 20.8 Å². The molecular formula is C20H23N3O3S2. The smallest absolute Gasteiger partial charge is 0.222 e. The number of hydrogen-bond donors (Lipinski definition) is 1. The number of aromatic nitrogens is 1. The maximum Gasteiger partial charge on any atom is 0.222 e. The predicted octanol–water partition coefficient (Wildman–Crippen LogP) is 5.38. The number of nitrogens with one attached hydrogen (secondary N) is 1. The number of ether oxygens (including phenoxy) is 3. The lowest BCUT2D eigenvalue weighted by Gasteiger charge is -2.09. The fraction of sp³-hybridized carbons (Fsp3) is 0.300. The minimum atomic E-state index is 0.559. The van der Waals surface area contributed by atoms with Gasteiger partial charge in [-0.15, -0.1) is 0 Å². The highest BCUT2D eigenvalue weighted by atomic mass is 32.9. The maximum atomic E-state index is 5.71. The number of hydrogen-bond acceptors (Lipinski definition) is 8. The quantitative estimate of drug-likeness (QED) is 0.474. The molecule has 8 heteroatoms. The van der Waals surface area contributed by atoms with Gasteiger partial charge in [0.2, 0.25) is 4.80 Å². The summed E-state index contributed by atoms with van der Waals surface area (Å²) in [5.41, 5.74) is 1.69. The number of benzene rings is 2. The largest absolute Gasteiger partial charge is 0.494 e. The summed E-state index contributed by atoms with van der Waals surface area (Å²) in [5.74, 6) is 2.31. The van der Waals surface area contributed by atoms with Crippen molar-refractivity contribution in [1.82, 2.24) is 4.98 Å². The fourth-order valence-electron chi connectivity index (χ4n) is 2.44. The van der Waals surface area contributed by atoms with Crippen LogP contribution in [0.15, 0.2) is 47.5 Å². The van der Waals surface area contributed by atoms with Crippen LogP contribution in [0.4, 0.5) is 16.5 Å². The summed E-state index contributed by atoms with van der Waals surface area (Å²) in [6.45, 7) is 7.69. The van der Waals surface area contributed by atoms with E-state index in [4.69, 9.17) is 14.2 Å². The predicted molar refractivity (Wildman–Crippen MR) is 115 cm³/mol. The van der Waals surface area contributed by atoms with E-state index < -0.39 is 0 Å². The van der Waals surface area contributed by atoms with E-state index in [2.05, 4.69) is 15.3 Å². The average Bonchev–Trinajstić information content (AvgIpc) is 3.13. The molecule has 28 heavy (non-hydrogen) atoms. The molecule has 1 aromatic heterocycles. The van der Waals surface area contributed by atoms with Crippen LogP contribution in [0, 0.1) is 0 Å². The van der Waals surface area contributed by atoms with Crippen molar-refractivity contribution < 1.29 is 14.2 Å². The second-order valence-corrected chi connectivity index (χ2v) is 7.64. The molecule has 0 amide bonds. The summed E-state index contributed by atoms with van der Waals surface area (Å²) >= 11 is 0. The summed E-state index contributed by atoms with van der Waals surface area (Å²) in [7, 11) is 3.04. The molecule has 1 N–H and O–H groups in total. The molecule has 0 spiro atoms. The molecule has 2 aromatic carbocycles. The van der Waals surface area contributed by atoms with Gasteiger partial charge >= 0.3 is 0 Å². The highest BCUT2D eigenvalue weighted by Gasteiger charge is 2.07. The molecule has 1 heterocycles. The van der Waals surface area contributed by atoms with E-state index in [0.717, 1.165) is 28.0 Å². The first-order chi connectivity index (χ1) is 13.7. The summed E-state index contributed by atoms with van der Waals surface area (Å²) in [6.07, 6.45) is 0. The first-order valence-electron chi connectivity index (χ1n) is 9.13. The van der Waals surface area contributed by atoms with Crippen LogP contribution in [0.5, 0.6) is 17.2 Å². The fourth-order valence-corrected chi connectivity index (χ4v) is 4.11. The zero-order valence-corrected chi connectivity index (χ0v) is 17.7. The topological polar surface area (TPSA) is 65.0 Å². The molecule has 0 saturated heterocycles. The second-order valence-electron chi connectivity index (χ2n) is 5.56. The van der Waals surface area contributed by atoms with Gasteiger partial charge in [-0.25, -0.2) is 4.99 Å². The van der Waals surface area contributed by atoms with Gasteiger partial charge in [-0.1, -0.05) is 0 Å². The maximum absolute atomic E-state index is 5.71. The minimum absolute atomic E-state index is 0.559. The minimum Gasteiger partial charge on any atom is -0.494 e. The van der Waals surface area contributed by atoms with Crippen molar-refractivity contribution in [2.75, 3.05) is 25.1 Å². The number of anilines is 2. The van der Waals surface area contributed by atoms with E-state index >= 15 is 0 Å². The van der Waals surface area contributed by atoms with Crippen molar-refractivity contribution in [1.29, 1.82) is 0 Å². The first-order valence-corrected chi connectivity index (χ1v) is 11.3. The molecule has 3 rings (SSSR count). The highest BCUT2D eigenvalue weighted by molar-refractivity contribution is 7.69. The standard InChI is InChI=1S/C20H23N3O3S2/c1-4-24-15-9-7-14(8-10-15)21-19-23-20(28-27-19)22-17-12-11-16(25-5-2)13-18(17)26-6-3/h7-13H,4-6H2,1-3H3,(H,21,22,23). The highest BCUT2D eigenvalue weighted by Crippen LogP contribution is 2.32. The third kappa shape index (κ3) is 5.46. The zero-order chi connectivity index (χ0) is 19.8. The third-order valence-electron chi connectivity index (χ3n) is 3.57. The zero-order valence-electron chi connectivity index (χ0n) is 16.1. The summed E-state index contributed by atoms with van der Waals surface area (Å²) in [6, 6.07) is 13.4. The Hall–Kier alpha value is -2.58. The van der Waals surface area contributed by atoms with E-state index in [0.29, 0.717) is 30.4 Å². The van der Waals surface area contributed by atoms with Gasteiger partial charge < -0.3 is 19.5 Å². The van der Waals surface area contributed by atoms with E-state index in [1.54, 1.807) is 0 Å². The third-order valence-corrected chi connectivity index (χ3v) is 5.50. The van der Waals surface area contributed by atoms with Crippen molar-refractivity contribution >= 4 is 37.2 Å². The normalized spacial score (nSPS) is 11.3. The molecule has 0 saturated carbocycles. The average molecular weight is 418 g/mol. The Bertz CT molecular complexity index is 952. The van der Waals surface area contributed by atoms with Gasteiger partial charge in [-0.2, -0.15) is 4.98 Å². The number of nitrogens with zero attached hydrogens (tertiary/aromatic N) is 2. The van der Waals surface area contributed by atoms with Gasteiger partial charge in [-0.05, 0) is 77.9 Å². The molecule has 0 aliphatic heterocycles. The van der Waals surface area contributed by atoms with E-state index in [1.165, 1.54) is 20.7 Å². The van der Waals surface area contributed by atoms with Crippen molar-refractivity contribution in [3.8, 4) is 17.2 Å². The Kier molecular flexibility index (Phi) is 7.27. The molecule has 3 aromatic rings. The summed E-state index contributed by atoms with van der Waals surface area (Å²) < 4.78 is 16.7. The molecular weight excluding hydrogens is 394 g/mol. The van der Waals surface area contributed by atoms with Crippen LogP contribution in [-0.2, 0) is 0 Å². The van der Waals surface area contributed by atoms with E-state index in [1.807, 2.05) is 63.2 Å². The van der Waals surface area contributed by atoms with Crippen LogP contribution in [0.2, 0.25) is 0 Å². The number of rotatable bonds is 9. The Morgan fingerprint density at radius 1 is 0.857 bits per heavy atom. The Balaban J connectivity index is 1.78. The molecule has 0 fully saturated rings. The molecule has 0 radical (unpaired) electrons. The van der Waals surface area contributed by atoms with E-state index in [-0.39, 0.29) is 0 Å². The van der Waals surface area contributed by atoms with Crippen molar-refractivity contribution in [3.05, 3.63) is 47.3 Å². The van der Waals surface area contributed by atoms with Crippen LogP contribution in [0.25, 0.3) is 0 Å². The SMILES string of the molecule is CCOc1ccc(Nc2nc(=Nc3ccc(OCC)cc3OCC)ss2)cc1. The Morgan fingerprint density at radius 2 is 1.54 bits per heavy atom. The lowest BCUT2D eigenvalue weighted by Crippen LogP contribution is -2.00. The van der Waals surface area contributed by atoms with Crippen LogP contribution in [-0.4, -0.2) is 24.8 Å². The molecule has 0 unspecified atom stereocenters. The molecule has 0 bridgehead atoms. The molecule has 6 nitrogen and oxygen atoms in total. The molecule has 0 aliphatic carbocycles. The van der Waals surface area contributed by atoms with E-state index in [9.17, 15) is 0 Å². The van der Waals surface area contributed by atoms with Crippen LogP contribution in [0.3, 0.4) is 0 Å². The van der Waals surface area contributed by atoms with Crippen molar-refractivity contribution in [2.24, 2.45) is 4.99 Å². The van der Waals surface area contributed by atoms with Gasteiger partial charge in [-0.3, -0.25) is 0 Å². The van der Waals surface area contributed by atoms with Gasteiger partial charge in [0.25, 0.3) is 0 Å². The summed E-state index contributed by atoms with van der Waals surface area (Å²) in [5, 5.41) is 4.08. The lowest BCUT2D eigenvalue weighted by atomic mass is 10.3. The summed E-state index contributed by atoms with van der Waals surface area (Å²) in [4.78, 5) is 9.87. The molecule has 148 valence electrons. The van der Waals surface area contributed by atoms with Gasteiger partial charge in [0, 0.05) is 11.8 Å². The van der Waals surface area contributed by atoms with Gasteiger partial charge in [0.05, 0.1) is 19.8 Å². The first kappa shape index (κ1) is 20.2. The lowest BCUT2D eigenvalue weighted by molar-refractivity contribution is 0.324. The monoisotopic (exact) mass is 417 g/mol. The molecule has 0 atom stereocenters. The van der Waals surface area contributed by atoms with Gasteiger partial charge in [0.1, 0.15) is 22.9 Å². The second kappa shape index (κ2) is 10.1. The Labute approximate surface area is 171 Å². The Morgan fingerprint density at radius 3 is 2.25 bits per heavy atom. The van der Waals surface area contributed by atoms with Crippen LogP contribution >= 0.6 is 20.7 Å². The van der Waals surface area contributed by atoms with Crippen LogP contribution < -0.4 is 24.3 Å². The van der Waals surface area contributed by atoms with Crippen molar-refractivity contribution in [3.63, 3.8) is 0 Å².